The number of benzene rings is 1. The number of thiophene rings is 1. The molecule has 0 saturated heterocycles. The second-order valence-corrected chi connectivity index (χ2v) is 7.26. The number of aryl methyl sites for hydroxylation is 1. The van der Waals surface area contributed by atoms with Crippen LogP contribution < -0.4 is 11.1 Å². The van der Waals surface area contributed by atoms with E-state index in [9.17, 15) is 9.59 Å². The number of anilines is 2. The van der Waals surface area contributed by atoms with Crippen LogP contribution in [0.3, 0.4) is 0 Å². The number of amides is 2. The highest BCUT2D eigenvalue weighted by Gasteiger charge is 2.27. The lowest BCUT2D eigenvalue weighted by atomic mass is 10.1. The van der Waals surface area contributed by atoms with Gasteiger partial charge in [0.2, 0.25) is 5.91 Å². The van der Waals surface area contributed by atoms with Gasteiger partial charge in [-0.3, -0.25) is 4.79 Å². The van der Waals surface area contributed by atoms with Crippen molar-refractivity contribution in [1.82, 2.24) is 4.90 Å². The number of nitrogen functional groups attached to an aromatic ring is 1. The number of fused-ring (bicyclic) bond motifs is 1. The lowest BCUT2D eigenvalue weighted by Gasteiger charge is -2.26. The van der Waals surface area contributed by atoms with Gasteiger partial charge in [0.1, 0.15) is 5.00 Å². The average molecular weight is 373 g/mol. The molecule has 6 nitrogen and oxygen atoms in total. The van der Waals surface area contributed by atoms with E-state index in [-0.39, 0.29) is 12.0 Å². The van der Waals surface area contributed by atoms with Gasteiger partial charge >= 0.3 is 6.09 Å². The molecule has 3 rings (SSSR count). The first-order valence-electron chi connectivity index (χ1n) is 8.74. The van der Waals surface area contributed by atoms with Gasteiger partial charge in [-0.15, -0.1) is 11.3 Å². The Morgan fingerprint density at radius 3 is 2.81 bits per heavy atom. The standard InChI is InChI=1S/C19H23N3O3S/c1-2-25-19(24)22-11-10-14-15(12-22)26-18(17(14)20)21-16(23)9-8-13-6-4-3-5-7-13/h3-7H,2,8-12,20H2,1H3,(H,21,23). The van der Waals surface area contributed by atoms with Crippen molar-refractivity contribution in [3.63, 3.8) is 0 Å². The summed E-state index contributed by atoms with van der Waals surface area (Å²) < 4.78 is 5.06. The zero-order valence-corrected chi connectivity index (χ0v) is 15.6. The van der Waals surface area contributed by atoms with E-state index in [1.54, 1.807) is 11.8 Å². The lowest BCUT2D eigenvalue weighted by molar-refractivity contribution is -0.116. The van der Waals surface area contributed by atoms with Gasteiger partial charge < -0.3 is 20.7 Å². The van der Waals surface area contributed by atoms with Gasteiger partial charge in [-0.1, -0.05) is 30.3 Å². The number of nitrogens with two attached hydrogens (primary N) is 1. The second kappa shape index (κ2) is 8.23. The average Bonchev–Trinajstić information content (AvgIpc) is 2.96. The molecule has 1 aliphatic rings. The molecule has 0 spiro atoms. The van der Waals surface area contributed by atoms with Crippen LogP contribution in [0.2, 0.25) is 0 Å². The Balaban J connectivity index is 1.61. The van der Waals surface area contributed by atoms with Crippen LogP contribution >= 0.6 is 11.3 Å². The van der Waals surface area contributed by atoms with Crippen LogP contribution in [0.25, 0.3) is 0 Å². The molecule has 7 heteroatoms. The van der Waals surface area contributed by atoms with E-state index < -0.39 is 0 Å². The number of ether oxygens (including phenoxy) is 1. The van der Waals surface area contributed by atoms with E-state index in [0.29, 0.717) is 49.6 Å². The van der Waals surface area contributed by atoms with Gasteiger partial charge in [0.05, 0.1) is 18.8 Å². The molecule has 26 heavy (non-hydrogen) atoms. The molecular weight excluding hydrogens is 350 g/mol. The van der Waals surface area contributed by atoms with Crippen LogP contribution in [0.1, 0.15) is 29.3 Å². The zero-order valence-electron chi connectivity index (χ0n) is 14.8. The minimum Gasteiger partial charge on any atom is -0.450 e. The van der Waals surface area contributed by atoms with E-state index in [0.717, 1.165) is 16.0 Å². The first-order chi connectivity index (χ1) is 12.6. The Morgan fingerprint density at radius 1 is 1.31 bits per heavy atom. The highest BCUT2D eigenvalue weighted by Crippen LogP contribution is 2.39. The Bertz CT molecular complexity index is 789. The summed E-state index contributed by atoms with van der Waals surface area (Å²) in [6, 6.07) is 9.91. The van der Waals surface area contributed by atoms with E-state index in [4.69, 9.17) is 10.5 Å². The number of nitrogens with one attached hydrogen (secondary N) is 1. The summed E-state index contributed by atoms with van der Waals surface area (Å²) >= 11 is 1.44. The summed E-state index contributed by atoms with van der Waals surface area (Å²) in [6.45, 7) is 3.20. The molecule has 2 aromatic rings. The van der Waals surface area contributed by atoms with Crippen molar-refractivity contribution in [3.8, 4) is 0 Å². The van der Waals surface area contributed by atoms with Crippen LogP contribution in [0.4, 0.5) is 15.5 Å². The Kier molecular flexibility index (Phi) is 5.78. The van der Waals surface area contributed by atoms with E-state index in [1.165, 1.54) is 11.3 Å². The molecule has 2 heterocycles. The third kappa shape index (κ3) is 4.16. The van der Waals surface area contributed by atoms with Gasteiger partial charge in [0, 0.05) is 17.8 Å². The van der Waals surface area contributed by atoms with E-state index in [2.05, 4.69) is 5.32 Å². The van der Waals surface area contributed by atoms with E-state index in [1.807, 2.05) is 30.3 Å². The number of hydrogen-bond acceptors (Lipinski definition) is 5. The van der Waals surface area contributed by atoms with Crippen LogP contribution in [-0.2, 0) is 28.9 Å². The monoisotopic (exact) mass is 373 g/mol. The smallest absolute Gasteiger partial charge is 0.410 e. The first kappa shape index (κ1) is 18.3. The number of carbonyl (C=O) groups is 2. The van der Waals surface area contributed by atoms with Crippen LogP contribution in [0.15, 0.2) is 30.3 Å². The van der Waals surface area contributed by atoms with Crippen LogP contribution in [-0.4, -0.2) is 30.1 Å². The van der Waals surface area contributed by atoms with Gasteiger partial charge in [0.25, 0.3) is 0 Å². The summed E-state index contributed by atoms with van der Waals surface area (Å²) in [5.41, 5.74) is 9.01. The minimum absolute atomic E-state index is 0.0543. The molecule has 0 atom stereocenters. The van der Waals surface area contributed by atoms with Gasteiger partial charge in [-0.2, -0.15) is 0 Å². The van der Waals surface area contributed by atoms with Crippen LogP contribution in [0.5, 0.6) is 0 Å². The maximum atomic E-state index is 12.3. The third-order valence-electron chi connectivity index (χ3n) is 4.36. The number of hydrogen-bond donors (Lipinski definition) is 2. The minimum atomic E-state index is -0.307. The molecule has 1 aromatic carbocycles. The predicted octanol–water partition coefficient (Wildman–Crippen LogP) is 3.42. The largest absolute Gasteiger partial charge is 0.450 e. The fourth-order valence-electron chi connectivity index (χ4n) is 2.98. The highest BCUT2D eigenvalue weighted by atomic mass is 32.1. The Labute approximate surface area is 156 Å². The molecule has 0 radical (unpaired) electrons. The number of nitrogens with zero attached hydrogens (tertiary/aromatic N) is 1. The summed E-state index contributed by atoms with van der Waals surface area (Å²) in [4.78, 5) is 26.9. The molecule has 1 aromatic heterocycles. The fourth-order valence-corrected chi connectivity index (χ4v) is 4.18. The maximum Gasteiger partial charge on any atom is 0.410 e. The zero-order chi connectivity index (χ0) is 18.5. The molecule has 0 fully saturated rings. The van der Waals surface area contributed by atoms with Gasteiger partial charge in [0.15, 0.2) is 0 Å². The molecule has 0 bridgehead atoms. The molecule has 138 valence electrons. The molecule has 2 amide bonds. The molecule has 0 unspecified atom stereocenters. The summed E-state index contributed by atoms with van der Waals surface area (Å²) in [7, 11) is 0. The molecule has 3 N–H and O–H groups in total. The highest BCUT2D eigenvalue weighted by molar-refractivity contribution is 7.17. The quantitative estimate of drug-likeness (QED) is 0.841. The van der Waals surface area contributed by atoms with Crippen molar-refractivity contribution in [2.24, 2.45) is 0 Å². The predicted molar refractivity (Wildman–Crippen MR) is 103 cm³/mol. The first-order valence-corrected chi connectivity index (χ1v) is 9.55. The summed E-state index contributed by atoms with van der Waals surface area (Å²) in [6.07, 6.45) is 1.46. The number of carbonyl (C=O) groups excluding carboxylic acids is 2. The van der Waals surface area contributed by atoms with Crippen molar-refractivity contribution in [2.75, 3.05) is 24.2 Å². The topological polar surface area (TPSA) is 84.7 Å². The van der Waals surface area contributed by atoms with Crippen LogP contribution in [0, 0.1) is 0 Å². The second-order valence-electron chi connectivity index (χ2n) is 6.15. The van der Waals surface area contributed by atoms with Gasteiger partial charge in [-0.05, 0) is 30.9 Å². The number of rotatable bonds is 5. The molecule has 1 aliphatic heterocycles. The normalized spacial score (nSPS) is 13.2. The third-order valence-corrected chi connectivity index (χ3v) is 5.51. The van der Waals surface area contributed by atoms with Crippen molar-refractivity contribution >= 4 is 34.0 Å². The van der Waals surface area contributed by atoms with Crippen molar-refractivity contribution in [3.05, 3.63) is 46.3 Å². The van der Waals surface area contributed by atoms with Crippen molar-refractivity contribution in [2.45, 2.75) is 32.7 Å². The van der Waals surface area contributed by atoms with E-state index >= 15 is 0 Å². The Morgan fingerprint density at radius 2 is 2.08 bits per heavy atom. The SMILES string of the molecule is CCOC(=O)N1CCc2c(sc(NC(=O)CCc3ccccc3)c2N)C1. The summed E-state index contributed by atoms with van der Waals surface area (Å²) in [5.74, 6) is -0.0543. The molecule has 0 aliphatic carbocycles. The van der Waals surface area contributed by atoms with Crippen molar-refractivity contribution < 1.29 is 14.3 Å². The maximum absolute atomic E-state index is 12.3. The van der Waals surface area contributed by atoms with Crippen molar-refractivity contribution in [1.29, 1.82) is 0 Å². The van der Waals surface area contributed by atoms with Gasteiger partial charge in [-0.25, -0.2) is 4.79 Å². The lowest BCUT2D eigenvalue weighted by Crippen LogP contribution is -2.35. The Hall–Kier alpha value is -2.54. The summed E-state index contributed by atoms with van der Waals surface area (Å²) in [5, 5.41) is 3.61. The molecular formula is C19H23N3O3S. The fraction of sp³-hybridized carbons (Fsp3) is 0.368. The molecule has 0 saturated carbocycles.